The zero-order valence-electron chi connectivity index (χ0n) is 14.8. The van der Waals surface area contributed by atoms with Crippen LogP contribution in [0, 0.1) is 6.92 Å². The van der Waals surface area contributed by atoms with Gasteiger partial charge in [0.25, 0.3) is 0 Å². The molecule has 1 N–H and O–H groups in total. The van der Waals surface area contributed by atoms with Crippen LogP contribution in [0.1, 0.15) is 23.2 Å². The van der Waals surface area contributed by atoms with Gasteiger partial charge in [0.05, 0.1) is 6.61 Å². The topological polar surface area (TPSA) is 47.3 Å². The first-order valence-electron chi connectivity index (χ1n) is 8.65. The van der Waals surface area contributed by atoms with E-state index >= 15 is 0 Å². The molecule has 3 rings (SSSR count). The van der Waals surface area contributed by atoms with Gasteiger partial charge in [-0.2, -0.15) is 0 Å². The van der Waals surface area contributed by atoms with E-state index < -0.39 is 0 Å². The Balaban J connectivity index is 1.54. The van der Waals surface area contributed by atoms with E-state index in [1.165, 1.54) is 5.56 Å². The highest BCUT2D eigenvalue weighted by Crippen LogP contribution is 2.27. The van der Waals surface area contributed by atoms with Gasteiger partial charge in [0, 0.05) is 17.7 Å². The summed E-state index contributed by atoms with van der Waals surface area (Å²) in [6.45, 7) is 3.45. The number of nitrogens with zero attached hydrogens (tertiary/aromatic N) is 1. The molecule has 0 aliphatic heterocycles. The molecule has 0 aliphatic carbocycles. The molecule has 1 aromatic heterocycles. The van der Waals surface area contributed by atoms with Crippen molar-refractivity contribution in [3.05, 3.63) is 71.4 Å². The molecule has 0 aliphatic rings. The summed E-state index contributed by atoms with van der Waals surface area (Å²) in [5.41, 5.74) is 4.38. The van der Waals surface area contributed by atoms with Crippen molar-refractivity contribution in [1.29, 1.82) is 0 Å². The quantitative estimate of drug-likeness (QED) is 0.620. The van der Waals surface area contributed by atoms with Gasteiger partial charge in [-0.15, -0.1) is 0 Å². The lowest BCUT2D eigenvalue weighted by Gasteiger charge is -2.07. The number of aromatic nitrogens is 1. The van der Waals surface area contributed by atoms with E-state index in [0.29, 0.717) is 13.2 Å². The molecule has 0 atom stereocenters. The average molecular weight is 336 g/mol. The van der Waals surface area contributed by atoms with Crippen LogP contribution in [0.25, 0.3) is 11.3 Å². The molecule has 0 fully saturated rings. The molecule has 1 heterocycles. The molecule has 0 bridgehead atoms. The van der Waals surface area contributed by atoms with Crippen LogP contribution in [-0.4, -0.2) is 18.8 Å². The van der Waals surface area contributed by atoms with E-state index in [1.807, 2.05) is 44.3 Å². The lowest BCUT2D eigenvalue weighted by atomic mass is 10.1. The van der Waals surface area contributed by atoms with Crippen molar-refractivity contribution in [3.63, 3.8) is 0 Å². The summed E-state index contributed by atoms with van der Waals surface area (Å²) in [7, 11) is 1.90. The fourth-order valence-corrected chi connectivity index (χ4v) is 2.78. The van der Waals surface area contributed by atoms with Crippen molar-refractivity contribution >= 4 is 0 Å². The minimum Gasteiger partial charge on any atom is -0.494 e. The van der Waals surface area contributed by atoms with Crippen molar-refractivity contribution in [2.45, 2.75) is 26.3 Å². The smallest absolute Gasteiger partial charge is 0.170 e. The molecule has 0 saturated carbocycles. The van der Waals surface area contributed by atoms with Gasteiger partial charge in [-0.25, -0.2) is 0 Å². The highest BCUT2D eigenvalue weighted by atomic mass is 16.5. The average Bonchev–Trinajstić information content (AvgIpc) is 3.01. The summed E-state index contributed by atoms with van der Waals surface area (Å²) < 4.78 is 11.3. The van der Waals surface area contributed by atoms with Crippen LogP contribution in [0.5, 0.6) is 5.75 Å². The highest BCUT2D eigenvalue weighted by molar-refractivity contribution is 5.62. The predicted molar refractivity (Wildman–Crippen MR) is 99.7 cm³/mol. The molecule has 2 aromatic carbocycles. The number of hydrogen-bond acceptors (Lipinski definition) is 4. The fraction of sp³-hybridized carbons (Fsp3) is 0.286. The molecule has 0 unspecified atom stereocenters. The van der Waals surface area contributed by atoms with Crippen molar-refractivity contribution in [2.24, 2.45) is 0 Å². The Morgan fingerprint density at radius 3 is 2.52 bits per heavy atom. The number of nitrogens with one attached hydrogen (secondary N) is 1. The Morgan fingerprint density at radius 2 is 1.80 bits per heavy atom. The molecule has 3 aromatic rings. The first kappa shape index (κ1) is 17.2. The third-order valence-corrected chi connectivity index (χ3v) is 4.20. The maximum absolute atomic E-state index is 5.84. The summed E-state index contributed by atoms with van der Waals surface area (Å²) in [5, 5.41) is 7.22. The second-order valence-electron chi connectivity index (χ2n) is 6.08. The number of ether oxygens (including phenoxy) is 1. The standard InChI is InChI=1S/C21H24N2O2/c1-16-20(15-22-2)23-25-21(16)18-10-12-19(13-11-18)24-14-6-9-17-7-4-3-5-8-17/h3-5,7-8,10-13,22H,6,9,14-15H2,1-2H3. The van der Waals surface area contributed by atoms with Gasteiger partial charge in [-0.05, 0) is 56.6 Å². The summed E-state index contributed by atoms with van der Waals surface area (Å²) >= 11 is 0. The summed E-state index contributed by atoms with van der Waals surface area (Å²) in [4.78, 5) is 0. The van der Waals surface area contributed by atoms with E-state index in [9.17, 15) is 0 Å². The molecule has 4 nitrogen and oxygen atoms in total. The Morgan fingerprint density at radius 1 is 1.04 bits per heavy atom. The third-order valence-electron chi connectivity index (χ3n) is 4.20. The summed E-state index contributed by atoms with van der Waals surface area (Å²) in [6.07, 6.45) is 2.03. The Kier molecular flexibility index (Phi) is 5.86. The van der Waals surface area contributed by atoms with Crippen molar-refractivity contribution in [3.8, 4) is 17.1 Å². The minimum atomic E-state index is 0.706. The van der Waals surface area contributed by atoms with Crippen LogP contribution in [0.4, 0.5) is 0 Å². The third kappa shape index (κ3) is 4.48. The lowest BCUT2D eigenvalue weighted by Crippen LogP contribution is -2.06. The molecule has 4 heteroatoms. The Labute approximate surface area is 148 Å². The molecule has 0 spiro atoms. The van der Waals surface area contributed by atoms with Crippen LogP contribution in [0.3, 0.4) is 0 Å². The van der Waals surface area contributed by atoms with Gasteiger partial charge >= 0.3 is 0 Å². The van der Waals surface area contributed by atoms with E-state index in [1.54, 1.807) is 0 Å². The predicted octanol–water partition coefficient (Wildman–Crippen LogP) is 4.38. The van der Waals surface area contributed by atoms with Gasteiger partial charge in [0.2, 0.25) is 0 Å². The molecular formula is C21H24N2O2. The maximum atomic E-state index is 5.84. The van der Waals surface area contributed by atoms with Crippen molar-refractivity contribution < 1.29 is 9.26 Å². The van der Waals surface area contributed by atoms with Gasteiger partial charge in [-0.1, -0.05) is 35.5 Å². The van der Waals surface area contributed by atoms with Gasteiger partial charge in [0.15, 0.2) is 5.76 Å². The monoisotopic (exact) mass is 336 g/mol. The van der Waals surface area contributed by atoms with Crippen LogP contribution >= 0.6 is 0 Å². The highest BCUT2D eigenvalue weighted by Gasteiger charge is 2.13. The largest absolute Gasteiger partial charge is 0.494 e. The number of hydrogen-bond donors (Lipinski definition) is 1. The molecule has 0 radical (unpaired) electrons. The number of rotatable bonds is 8. The number of aryl methyl sites for hydroxylation is 1. The first-order chi connectivity index (χ1) is 12.3. The minimum absolute atomic E-state index is 0.706. The van der Waals surface area contributed by atoms with E-state index in [2.05, 4.69) is 34.7 Å². The molecular weight excluding hydrogens is 312 g/mol. The fourth-order valence-electron chi connectivity index (χ4n) is 2.78. The van der Waals surface area contributed by atoms with Crippen LogP contribution in [-0.2, 0) is 13.0 Å². The van der Waals surface area contributed by atoms with Gasteiger partial charge in [-0.3, -0.25) is 0 Å². The molecule has 0 amide bonds. The van der Waals surface area contributed by atoms with Crippen molar-refractivity contribution in [2.75, 3.05) is 13.7 Å². The maximum Gasteiger partial charge on any atom is 0.170 e. The molecule has 25 heavy (non-hydrogen) atoms. The van der Waals surface area contributed by atoms with Gasteiger partial charge < -0.3 is 14.6 Å². The van der Waals surface area contributed by atoms with Crippen LogP contribution < -0.4 is 10.1 Å². The van der Waals surface area contributed by atoms with E-state index in [0.717, 1.165) is 41.2 Å². The Bertz CT molecular complexity index is 779. The normalized spacial score (nSPS) is 10.8. The molecule has 0 saturated heterocycles. The van der Waals surface area contributed by atoms with E-state index in [4.69, 9.17) is 9.26 Å². The first-order valence-corrected chi connectivity index (χ1v) is 8.65. The van der Waals surface area contributed by atoms with Crippen molar-refractivity contribution in [1.82, 2.24) is 10.5 Å². The Hall–Kier alpha value is -2.59. The zero-order valence-corrected chi connectivity index (χ0v) is 14.8. The second-order valence-corrected chi connectivity index (χ2v) is 6.08. The van der Waals surface area contributed by atoms with E-state index in [-0.39, 0.29) is 0 Å². The zero-order chi connectivity index (χ0) is 17.5. The SMILES string of the molecule is CNCc1noc(-c2ccc(OCCCc3ccccc3)cc2)c1C. The summed E-state index contributed by atoms with van der Waals surface area (Å²) in [5.74, 6) is 1.70. The van der Waals surface area contributed by atoms with Crippen LogP contribution in [0.2, 0.25) is 0 Å². The number of benzene rings is 2. The second kappa shape index (κ2) is 8.49. The molecule has 130 valence electrons. The summed E-state index contributed by atoms with van der Waals surface area (Å²) in [6, 6.07) is 18.5. The lowest BCUT2D eigenvalue weighted by molar-refractivity contribution is 0.311. The van der Waals surface area contributed by atoms with Gasteiger partial charge in [0.1, 0.15) is 11.4 Å². The van der Waals surface area contributed by atoms with Crippen LogP contribution in [0.15, 0.2) is 59.1 Å².